The van der Waals surface area contributed by atoms with Gasteiger partial charge in [0.2, 0.25) is 0 Å². The summed E-state index contributed by atoms with van der Waals surface area (Å²) < 4.78 is 5.07. The minimum Gasteiger partial charge on any atom is -0.497 e. The van der Waals surface area contributed by atoms with Gasteiger partial charge in [0.1, 0.15) is 5.75 Å². The number of carbonyl (C=O) groups excluding carboxylic acids is 1. The highest BCUT2D eigenvalue weighted by molar-refractivity contribution is 7.16. The third kappa shape index (κ3) is 4.07. The largest absolute Gasteiger partial charge is 0.497 e. The number of amides is 1. The van der Waals surface area contributed by atoms with Crippen LogP contribution in [0.25, 0.3) is 11.3 Å². The lowest BCUT2D eigenvalue weighted by Gasteiger charge is -2.03. The molecule has 132 valence electrons. The fourth-order valence-electron chi connectivity index (χ4n) is 2.40. The van der Waals surface area contributed by atoms with Crippen LogP contribution in [0.15, 0.2) is 54.6 Å². The van der Waals surface area contributed by atoms with Gasteiger partial charge in [-0.05, 0) is 24.3 Å². The van der Waals surface area contributed by atoms with E-state index in [4.69, 9.17) is 9.84 Å². The van der Waals surface area contributed by atoms with E-state index in [0.717, 1.165) is 16.9 Å². The zero-order valence-corrected chi connectivity index (χ0v) is 14.7. The normalized spacial score (nSPS) is 10.3. The van der Waals surface area contributed by atoms with Crippen LogP contribution in [-0.4, -0.2) is 29.1 Å². The van der Waals surface area contributed by atoms with Crippen LogP contribution in [0.2, 0.25) is 0 Å². The molecular formula is C19H16N2O4S. The van der Waals surface area contributed by atoms with Gasteiger partial charge in [-0.25, -0.2) is 4.98 Å². The van der Waals surface area contributed by atoms with Gasteiger partial charge in [0.25, 0.3) is 5.91 Å². The molecule has 0 fully saturated rings. The van der Waals surface area contributed by atoms with Gasteiger partial charge in [-0.2, -0.15) is 0 Å². The van der Waals surface area contributed by atoms with Crippen LogP contribution in [0.1, 0.15) is 15.2 Å². The summed E-state index contributed by atoms with van der Waals surface area (Å²) in [5, 5.41) is 12.2. The van der Waals surface area contributed by atoms with Crippen LogP contribution < -0.4 is 10.1 Å². The molecule has 0 saturated heterocycles. The summed E-state index contributed by atoms with van der Waals surface area (Å²) in [5.41, 5.74) is 1.84. The smallest absolute Gasteiger partial charge is 0.308 e. The second kappa shape index (κ2) is 7.79. The predicted octanol–water partition coefficient (Wildman–Crippen LogP) is 3.70. The lowest BCUT2D eigenvalue weighted by Crippen LogP contribution is -2.11. The summed E-state index contributed by atoms with van der Waals surface area (Å²) in [4.78, 5) is 28.6. The zero-order valence-electron chi connectivity index (χ0n) is 13.9. The summed E-state index contributed by atoms with van der Waals surface area (Å²) in [7, 11) is 1.56. The van der Waals surface area contributed by atoms with Gasteiger partial charge in [0, 0.05) is 16.0 Å². The standard InChI is InChI=1S/C19H16N2O4S/c1-25-14-9-7-13(8-10-14)18(24)21-19-20-17(12-5-3-2-4-6-12)15(26-19)11-16(22)23/h2-10H,11H2,1H3,(H,22,23)(H,20,21,24). The lowest BCUT2D eigenvalue weighted by atomic mass is 10.1. The summed E-state index contributed by atoms with van der Waals surface area (Å²) in [6.07, 6.45) is -0.152. The molecule has 1 heterocycles. The van der Waals surface area contributed by atoms with Crippen molar-refractivity contribution in [1.29, 1.82) is 0 Å². The molecule has 1 amide bonds. The number of nitrogens with zero attached hydrogens (tertiary/aromatic N) is 1. The molecule has 0 aliphatic rings. The van der Waals surface area contributed by atoms with Crippen molar-refractivity contribution in [3.63, 3.8) is 0 Å². The van der Waals surface area contributed by atoms with Crippen LogP contribution in [-0.2, 0) is 11.2 Å². The molecule has 0 unspecified atom stereocenters. The number of methoxy groups -OCH3 is 1. The molecule has 2 aromatic carbocycles. The van der Waals surface area contributed by atoms with Crippen molar-refractivity contribution in [3.8, 4) is 17.0 Å². The summed E-state index contributed by atoms with van der Waals surface area (Å²) in [6.45, 7) is 0. The molecule has 0 atom stereocenters. The number of aromatic nitrogens is 1. The van der Waals surface area contributed by atoms with Crippen LogP contribution >= 0.6 is 11.3 Å². The number of carboxylic acid groups (broad SMARTS) is 1. The van der Waals surface area contributed by atoms with Crippen LogP contribution in [0.5, 0.6) is 5.75 Å². The van der Waals surface area contributed by atoms with Crippen molar-refractivity contribution < 1.29 is 19.4 Å². The highest BCUT2D eigenvalue weighted by atomic mass is 32.1. The van der Waals surface area contributed by atoms with Crippen molar-refractivity contribution >= 4 is 28.3 Å². The van der Waals surface area contributed by atoms with E-state index in [1.165, 1.54) is 0 Å². The van der Waals surface area contributed by atoms with Crippen LogP contribution in [0.3, 0.4) is 0 Å². The van der Waals surface area contributed by atoms with E-state index in [1.807, 2.05) is 30.3 Å². The Balaban J connectivity index is 1.86. The monoisotopic (exact) mass is 368 g/mol. The first-order valence-corrected chi connectivity index (χ1v) is 8.61. The van der Waals surface area contributed by atoms with Gasteiger partial charge in [-0.15, -0.1) is 11.3 Å². The lowest BCUT2D eigenvalue weighted by molar-refractivity contribution is -0.136. The van der Waals surface area contributed by atoms with E-state index in [-0.39, 0.29) is 12.3 Å². The van der Waals surface area contributed by atoms with Crippen molar-refractivity contribution in [2.24, 2.45) is 0 Å². The van der Waals surface area contributed by atoms with Gasteiger partial charge in [-0.3, -0.25) is 14.9 Å². The number of aliphatic carboxylic acids is 1. The highest BCUT2D eigenvalue weighted by Crippen LogP contribution is 2.31. The average molecular weight is 368 g/mol. The Morgan fingerprint density at radius 3 is 2.42 bits per heavy atom. The van der Waals surface area contributed by atoms with Gasteiger partial charge < -0.3 is 9.84 Å². The molecule has 2 N–H and O–H groups in total. The Morgan fingerprint density at radius 1 is 1.12 bits per heavy atom. The Hall–Kier alpha value is -3.19. The molecule has 0 spiro atoms. The van der Waals surface area contributed by atoms with Crippen LogP contribution in [0.4, 0.5) is 5.13 Å². The van der Waals surface area contributed by atoms with Crippen molar-refractivity contribution in [3.05, 3.63) is 65.0 Å². The molecule has 0 bridgehead atoms. The number of hydrogen-bond acceptors (Lipinski definition) is 5. The predicted molar refractivity (Wildman–Crippen MR) is 99.8 cm³/mol. The maximum absolute atomic E-state index is 12.4. The molecule has 0 aliphatic heterocycles. The van der Waals surface area contributed by atoms with Gasteiger partial charge in [0.05, 0.1) is 19.2 Å². The number of benzene rings is 2. The second-order valence-electron chi connectivity index (χ2n) is 5.41. The molecule has 0 saturated carbocycles. The van der Waals surface area contributed by atoms with Crippen molar-refractivity contribution in [2.75, 3.05) is 12.4 Å². The molecular weight excluding hydrogens is 352 g/mol. The molecule has 3 aromatic rings. The first kappa shape index (κ1) is 17.6. The Kier molecular flexibility index (Phi) is 5.28. The van der Waals surface area contributed by atoms with E-state index in [0.29, 0.717) is 27.0 Å². The van der Waals surface area contributed by atoms with Gasteiger partial charge in [0.15, 0.2) is 5.13 Å². The zero-order chi connectivity index (χ0) is 18.5. The summed E-state index contributed by atoms with van der Waals surface area (Å²) in [5.74, 6) is -0.604. The maximum atomic E-state index is 12.4. The Morgan fingerprint density at radius 2 is 1.81 bits per heavy atom. The number of thiazole rings is 1. The maximum Gasteiger partial charge on any atom is 0.308 e. The molecule has 0 aliphatic carbocycles. The van der Waals surface area contributed by atoms with Crippen molar-refractivity contribution in [2.45, 2.75) is 6.42 Å². The highest BCUT2D eigenvalue weighted by Gasteiger charge is 2.17. The van der Waals surface area contributed by atoms with E-state index >= 15 is 0 Å². The quantitative estimate of drug-likeness (QED) is 0.693. The second-order valence-corrected chi connectivity index (χ2v) is 6.49. The molecule has 26 heavy (non-hydrogen) atoms. The number of hydrogen-bond donors (Lipinski definition) is 2. The van der Waals surface area contributed by atoms with E-state index < -0.39 is 5.97 Å². The number of anilines is 1. The van der Waals surface area contributed by atoms with E-state index in [9.17, 15) is 9.59 Å². The number of carboxylic acids is 1. The van der Waals surface area contributed by atoms with E-state index in [1.54, 1.807) is 31.4 Å². The fraction of sp³-hybridized carbons (Fsp3) is 0.105. The number of ether oxygens (including phenoxy) is 1. The minimum absolute atomic E-state index is 0.152. The fourth-order valence-corrected chi connectivity index (χ4v) is 3.37. The summed E-state index contributed by atoms with van der Waals surface area (Å²) in [6, 6.07) is 16.0. The van der Waals surface area contributed by atoms with Gasteiger partial charge in [-0.1, -0.05) is 30.3 Å². The third-order valence-electron chi connectivity index (χ3n) is 3.63. The minimum atomic E-state index is -0.945. The molecule has 7 heteroatoms. The number of carbonyl (C=O) groups is 2. The number of nitrogens with one attached hydrogen (secondary N) is 1. The van der Waals surface area contributed by atoms with Gasteiger partial charge >= 0.3 is 5.97 Å². The third-order valence-corrected chi connectivity index (χ3v) is 4.60. The Labute approximate surface area is 154 Å². The average Bonchev–Trinajstić information content (AvgIpc) is 3.04. The first-order valence-electron chi connectivity index (χ1n) is 7.79. The summed E-state index contributed by atoms with van der Waals surface area (Å²) >= 11 is 1.16. The van der Waals surface area contributed by atoms with E-state index in [2.05, 4.69) is 10.3 Å². The Bertz CT molecular complexity index is 920. The van der Waals surface area contributed by atoms with Crippen LogP contribution in [0, 0.1) is 0 Å². The molecule has 1 aromatic heterocycles. The number of rotatable bonds is 6. The van der Waals surface area contributed by atoms with Crippen molar-refractivity contribution in [1.82, 2.24) is 4.98 Å². The molecule has 6 nitrogen and oxygen atoms in total. The molecule has 3 rings (SSSR count). The molecule has 0 radical (unpaired) electrons. The SMILES string of the molecule is COc1ccc(C(=O)Nc2nc(-c3ccccc3)c(CC(=O)O)s2)cc1. The topological polar surface area (TPSA) is 88.5 Å². The first-order chi connectivity index (χ1) is 12.6.